The van der Waals surface area contributed by atoms with E-state index in [1.54, 1.807) is 16.0 Å². The lowest BCUT2D eigenvalue weighted by atomic mass is 10.2. The predicted molar refractivity (Wildman–Crippen MR) is 108 cm³/mol. The van der Waals surface area contributed by atoms with E-state index in [0.717, 1.165) is 23.8 Å². The summed E-state index contributed by atoms with van der Waals surface area (Å²) in [5.41, 5.74) is 2.27. The average molecular weight is 402 g/mol. The fraction of sp³-hybridized carbons (Fsp3) is 0.316. The Hall–Kier alpha value is -2.38. The van der Waals surface area contributed by atoms with Crippen LogP contribution in [0.5, 0.6) is 0 Å². The second-order valence-electron chi connectivity index (χ2n) is 6.49. The van der Waals surface area contributed by atoms with Gasteiger partial charge in [-0.15, -0.1) is 11.3 Å². The van der Waals surface area contributed by atoms with E-state index in [1.807, 2.05) is 53.7 Å². The summed E-state index contributed by atoms with van der Waals surface area (Å²) in [4.78, 5) is 21.5. The maximum Gasteiger partial charge on any atom is 0.259 e. The van der Waals surface area contributed by atoms with Crippen molar-refractivity contribution in [3.63, 3.8) is 0 Å². The van der Waals surface area contributed by atoms with Crippen LogP contribution in [-0.4, -0.2) is 51.8 Å². The van der Waals surface area contributed by atoms with Crippen LogP contribution in [0.1, 0.15) is 21.6 Å². The summed E-state index contributed by atoms with van der Waals surface area (Å²) >= 11 is 8.16. The van der Waals surface area contributed by atoms with Gasteiger partial charge in [0.1, 0.15) is 5.15 Å². The third-order valence-electron chi connectivity index (χ3n) is 4.71. The van der Waals surface area contributed by atoms with Gasteiger partial charge in [0.15, 0.2) is 5.13 Å². The van der Waals surface area contributed by atoms with Crippen LogP contribution in [0.15, 0.2) is 41.9 Å². The second-order valence-corrected chi connectivity index (χ2v) is 7.72. The van der Waals surface area contributed by atoms with Crippen LogP contribution in [0.25, 0.3) is 0 Å². The van der Waals surface area contributed by atoms with Crippen LogP contribution in [0.4, 0.5) is 5.13 Å². The number of anilines is 1. The van der Waals surface area contributed by atoms with Crippen molar-refractivity contribution < 1.29 is 4.79 Å². The van der Waals surface area contributed by atoms with Crippen molar-refractivity contribution in [3.05, 3.63) is 63.9 Å². The third-order valence-corrected chi connectivity index (χ3v) is 5.93. The highest BCUT2D eigenvalue weighted by molar-refractivity contribution is 7.13. The highest BCUT2D eigenvalue weighted by atomic mass is 35.5. The Morgan fingerprint density at radius 2 is 1.93 bits per heavy atom. The zero-order chi connectivity index (χ0) is 18.8. The van der Waals surface area contributed by atoms with Crippen LogP contribution in [-0.2, 0) is 6.54 Å². The number of halogens is 1. The van der Waals surface area contributed by atoms with Crippen molar-refractivity contribution >= 4 is 34.0 Å². The van der Waals surface area contributed by atoms with Gasteiger partial charge >= 0.3 is 0 Å². The Labute approximate surface area is 167 Å². The predicted octanol–water partition coefficient (Wildman–Crippen LogP) is 3.31. The number of nitrogens with zero attached hydrogens (tertiary/aromatic N) is 5. The zero-order valence-electron chi connectivity index (χ0n) is 15.0. The van der Waals surface area contributed by atoms with Crippen LogP contribution in [0.2, 0.25) is 5.15 Å². The van der Waals surface area contributed by atoms with Crippen molar-refractivity contribution in [3.8, 4) is 0 Å². The molecule has 0 radical (unpaired) electrons. The molecule has 3 heterocycles. The average Bonchev–Trinajstić information content (AvgIpc) is 3.31. The number of benzene rings is 1. The lowest BCUT2D eigenvalue weighted by Gasteiger charge is -2.34. The van der Waals surface area contributed by atoms with E-state index in [9.17, 15) is 4.79 Å². The Morgan fingerprint density at radius 1 is 1.19 bits per heavy atom. The molecule has 2 aromatic heterocycles. The summed E-state index contributed by atoms with van der Waals surface area (Å²) < 4.78 is 1.70. The number of hydrogen-bond acceptors (Lipinski definition) is 5. The first-order valence-corrected chi connectivity index (χ1v) is 10.1. The maximum atomic E-state index is 13.1. The number of piperazine rings is 1. The summed E-state index contributed by atoms with van der Waals surface area (Å²) in [6.07, 6.45) is 1.81. The van der Waals surface area contributed by atoms with Crippen molar-refractivity contribution in [2.45, 2.75) is 13.5 Å². The van der Waals surface area contributed by atoms with Gasteiger partial charge in [0, 0.05) is 37.8 Å². The molecule has 6 nitrogen and oxygen atoms in total. The summed E-state index contributed by atoms with van der Waals surface area (Å²) in [6.45, 7) is 5.23. The number of thiazole rings is 1. The minimum Gasteiger partial charge on any atom is -0.345 e. The quantitative estimate of drug-likeness (QED) is 0.673. The molecule has 1 fully saturated rings. The Kier molecular flexibility index (Phi) is 5.13. The van der Waals surface area contributed by atoms with E-state index in [-0.39, 0.29) is 5.91 Å². The molecule has 3 aromatic rings. The third kappa shape index (κ3) is 3.70. The van der Waals surface area contributed by atoms with Crippen LogP contribution in [0.3, 0.4) is 0 Å². The smallest absolute Gasteiger partial charge is 0.259 e. The number of carbonyl (C=O) groups is 1. The summed E-state index contributed by atoms with van der Waals surface area (Å²) in [7, 11) is 0. The molecule has 0 bridgehead atoms. The van der Waals surface area contributed by atoms with Gasteiger partial charge in [0.2, 0.25) is 0 Å². The van der Waals surface area contributed by atoms with E-state index in [1.165, 1.54) is 0 Å². The molecular weight excluding hydrogens is 382 g/mol. The van der Waals surface area contributed by atoms with Gasteiger partial charge in [-0.2, -0.15) is 5.10 Å². The van der Waals surface area contributed by atoms with E-state index in [0.29, 0.717) is 36.0 Å². The fourth-order valence-electron chi connectivity index (χ4n) is 3.29. The molecule has 1 aliphatic rings. The Morgan fingerprint density at radius 3 is 2.59 bits per heavy atom. The summed E-state index contributed by atoms with van der Waals surface area (Å²) in [6, 6.07) is 9.97. The summed E-state index contributed by atoms with van der Waals surface area (Å²) in [5.74, 6) is -0.0457. The molecular formula is C19H20ClN5OS. The molecule has 1 amide bonds. The molecule has 0 aliphatic carbocycles. The minimum absolute atomic E-state index is 0.0457. The lowest BCUT2D eigenvalue weighted by molar-refractivity contribution is 0.0746. The molecule has 4 rings (SSSR count). The molecule has 1 saturated heterocycles. The first kappa shape index (κ1) is 18.0. The fourth-order valence-corrected chi connectivity index (χ4v) is 4.30. The van der Waals surface area contributed by atoms with Gasteiger partial charge in [0.05, 0.1) is 17.8 Å². The van der Waals surface area contributed by atoms with E-state index < -0.39 is 0 Å². The lowest BCUT2D eigenvalue weighted by Crippen LogP contribution is -2.48. The van der Waals surface area contributed by atoms with Crippen molar-refractivity contribution in [1.29, 1.82) is 0 Å². The first-order valence-electron chi connectivity index (χ1n) is 8.84. The number of aromatic nitrogens is 3. The first-order chi connectivity index (χ1) is 13.1. The molecule has 1 aliphatic heterocycles. The monoisotopic (exact) mass is 401 g/mol. The molecule has 0 saturated carbocycles. The van der Waals surface area contributed by atoms with Crippen molar-refractivity contribution in [2.75, 3.05) is 31.1 Å². The molecule has 8 heteroatoms. The molecule has 0 atom stereocenters. The Bertz CT molecular complexity index is 917. The number of amides is 1. The van der Waals surface area contributed by atoms with E-state index in [4.69, 9.17) is 11.6 Å². The van der Waals surface area contributed by atoms with Crippen molar-refractivity contribution in [2.24, 2.45) is 0 Å². The van der Waals surface area contributed by atoms with Gasteiger partial charge in [-0.25, -0.2) is 9.67 Å². The van der Waals surface area contributed by atoms with Gasteiger partial charge in [-0.05, 0) is 12.5 Å². The van der Waals surface area contributed by atoms with Crippen LogP contribution < -0.4 is 4.90 Å². The van der Waals surface area contributed by atoms with Crippen molar-refractivity contribution in [1.82, 2.24) is 19.7 Å². The molecule has 1 aromatic carbocycles. The van der Waals surface area contributed by atoms with Gasteiger partial charge in [0.25, 0.3) is 5.91 Å². The number of carbonyl (C=O) groups excluding carboxylic acids is 1. The summed E-state index contributed by atoms with van der Waals surface area (Å²) in [5, 5.41) is 7.88. The normalized spacial score (nSPS) is 14.6. The van der Waals surface area contributed by atoms with Gasteiger partial charge < -0.3 is 9.80 Å². The number of rotatable bonds is 4. The van der Waals surface area contributed by atoms with Crippen LogP contribution >= 0.6 is 22.9 Å². The van der Waals surface area contributed by atoms with Crippen LogP contribution in [0, 0.1) is 6.92 Å². The SMILES string of the molecule is Cc1nn(Cc2ccccc2)c(Cl)c1C(=O)N1CCN(c2nccs2)CC1. The largest absolute Gasteiger partial charge is 0.345 e. The topological polar surface area (TPSA) is 54.3 Å². The minimum atomic E-state index is -0.0457. The van der Waals surface area contributed by atoms with Gasteiger partial charge in [-0.1, -0.05) is 41.9 Å². The highest BCUT2D eigenvalue weighted by Crippen LogP contribution is 2.24. The molecule has 0 spiro atoms. The number of hydrogen-bond donors (Lipinski definition) is 0. The molecule has 140 valence electrons. The maximum absolute atomic E-state index is 13.1. The van der Waals surface area contributed by atoms with E-state index in [2.05, 4.69) is 15.0 Å². The highest BCUT2D eigenvalue weighted by Gasteiger charge is 2.28. The van der Waals surface area contributed by atoms with E-state index >= 15 is 0 Å². The molecule has 0 unspecified atom stereocenters. The molecule has 27 heavy (non-hydrogen) atoms. The van der Waals surface area contributed by atoms with Gasteiger partial charge in [-0.3, -0.25) is 4.79 Å². The Balaban J connectivity index is 1.48. The second kappa shape index (κ2) is 7.70. The molecule has 0 N–H and O–H groups in total. The zero-order valence-corrected chi connectivity index (χ0v) is 16.6. The number of aryl methyl sites for hydroxylation is 1. The standard InChI is InChI=1S/C19H20ClN5OS/c1-14-16(17(20)25(22-14)13-15-5-3-2-4-6-15)18(26)23-8-10-24(11-9-23)19-21-7-12-27-19/h2-7,12H,8-11,13H2,1H3.